The standard InChI is InChI=1S/C28H34ClN3O5/c1-3-22(33)20(12-15-6-5-9-23(15)34)31-27(35)26-17-8-4-7-16(17)14-32(26)28(36)21-13-18-19(29)10-11-24(37-2)25(18)30-21/h10-11,13,15-17,20,26,30H,3-9,12,14H2,1-2H3,(H,31,35). The minimum absolute atomic E-state index is 0.0527. The normalized spacial score (nSPS) is 25.9. The number of nitrogens with one attached hydrogen (secondary N) is 2. The van der Waals surface area contributed by atoms with Gasteiger partial charge in [-0.1, -0.05) is 24.9 Å². The Morgan fingerprint density at radius 2 is 2.03 bits per heavy atom. The SMILES string of the molecule is CCC(=O)C(CC1CCCC1=O)NC(=O)C1C2CCCC2CN1C(=O)c1cc2c(Cl)ccc(OC)c2[nH]1. The zero-order valence-electron chi connectivity index (χ0n) is 21.3. The van der Waals surface area contributed by atoms with Crippen molar-refractivity contribution in [3.8, 4) is 5.75 Å². The predicted molar refractivity (Wildman–Crippen MR) is 140 cm³/mol. The molecular formula is C28H34ClN3O5. The van der Waals surface area contributed by atoms with Crippen molar-refractivity contribution in [2.24, 2.45) is 17.8 Å². The Kier molecular flexibility index (Phi) is 7.30. The molecule has 2 heterocycles. The molecule has 5 atom stereocenters. The van der Waals surface area contributed by atoms with E-state index in [2.05, 4.69) is 10.3 Å². The molecule has 0 radical (unpaired) electrons. The molecule has 8 nitrogen and oxygen atoms in total. The van der Waals surface area contributed by atoms with Gasteiger partial charge in [0.05, 0.1) is 23.7 Å². The second kappa shape index (κ2) is 10.5. The molecule has 5 rings (SSSR count). The van der Waals surface area contributed by atoms with E-state index in [1.165, 1.54) is 0 Å². The highest BCUT2D eigenvalue weighted by atomic mass is 35.5. The minimum Gasteiger partial charge on any atom is -0.495 e. The fraction of sp³-hybridized carbons (Fsp3) is 0.571. The molecule has 2 saturated carbocycles. The highest BCUT2D eigenvalue weighted by Crippen LogP contribution is 2.43. The number of benzene rings is 1. The lowest BCUT2D eigenvalue weighted by atomic mass is 9.91. The molecule has 2 aliphatic carbocycles. The van der Waals surface area contributed by atoms with E-state index in [0.717, 1.165) is 32.1 Å². The number of halogens is 1. The van der Waals surface area contributed by atoms with Gasteiger partial charge in [0.1, 0.15) is 23.3 Å². The van der Waals surface area contributed by atoms with Crippen LogP contribution in [0.5, 0.6) is 5.75 Å². The van der Waals surface area contributed by atoms with Crippen molar-refractivity contribution in [1.29, 1.82) is 0 Å². The highest BCUT2D eigenvalue weighted by molar-refractivity contribution is 6.35. The number of Topliss-reactive ketones (excluding diaryl/α,β-unsaturated/α-hetero) is 2. The van der Waals surface area contributed by atoms with Gasteiger partial charge in [-0.2, -0.15) is 0 Å². The molecule has 1 aromatic heterocycles. The van der Waals surface area contributed by atoms with E-state index in [4.69, 9.17) is 16.3 Å². The number of H-pyrrole nitrogens is 1. The summed E-state index contributed by atoms with van der Waals surface area (Å²) < 4.78 is 5.43. The van der Waals surface area contributed by atoms with Gasteiger partial charge in [-0.05, 0) is 62.1 Å². The van der Waals surface area contributed by atoms with Crippen molar-refractivity contribution in [3.63, 3.8) is 0 Å². The highest BCUT2D eigenvalue weighted by Gasteiger charge is 2.50. The molecule has 0 spiro atoms. The lowest BCUT2D eigenvalue weighted by Gasteiger charge is -2.29. The summed E-state index contributed by atoms with van der Waals surface area (Å²) in [4.78, 5) is 57.4. The van der Waals surface area contributed by atoms with E-state index >= 15 is 0 Å². The number of ether oxygens (including phenoxy) is 1. The van der Waals surface area contributed by atoms with Crippen LogP contribution in [0.3, 0.4) is 0 Å². The van der Waals surface area contributed by atoms with Crippen molar-refractivity contribution in [3.05, 3.63) is 28.9 Å². The zero-order chi connectivity index (χ0) is 26.3. The number of methoxy groups -OCH3 is 1. The molecule has 3 aliphatic rings. The summed E-state index contributed by atoms with van der Waals surface area (Å²) in [6.45, 7) is 2.26. The van der Waals surface area contributed by atoms with E-state index in [1.807, 2.05) is 0 Å². The number of hydrogen-bond acceptors (Lipinski definition) is 5. The largest absolute Gasteiger partial charge is 0.495 e. The zero-order valence-corrected chi connectivity index (χ0v) is 22.1. The molecular weight excluding hydrogens is 494 g/mol. The molecule has 1 aromatic carbocycles. The van der Waals surface area contributed by atoms with Crippen molar-refractivity contribution < 1.29 is 23.9 Å². The van der Waals surface area contributed by atoms with Gasteiger partial charge < -0.3 is 19.9 Å². The maximum Gasteiger partial charge on any atom is 0.271 e. The second-order valence-corrected chi connectivity index (χ2v) is 11.1. The molecule has 198 valence electrons. The van der Waals surface area contributed by atoms with Gasteiger partial charge in [-0.3, -0.25) is 19.2 Å². The summed E-state index contributed by atoms with van der Waals surface area (Å²) in [5.41, 5.74) is 0.977. The van der Waals surface area contributed by atoms with Gasteiger partial charge >= 0.3 is 0 Å². The first-order valence-corrected chi connectivity index (χ1v) is 13.7. The summed E-state index contributed by atoms with van der Waals surface area (Å²) >= 11 is 6.38. The third kappa shape index (κ3) is 4.76. The maximum absolute atomic E-state index is 13.8. The third-order valence-electron chi connectivity index (χ3n) is 8.58. The molecule has 2 aromatic rings. The van der Waals surface area contributed by atoms with Crippen LogP contribution in [0.25, 0.3) is 10.9 Å². The number of nitrogens with zero attached hydrogens (tertiary/aromatic N) is 1. The van der Waals surface area contributed by atoms with E-state index in [9.17, 15) is 19.2 Å². The average molecular weight is 528 g/mol. The van der Waals surface area contributed by atoms with Crippen LogP contribution < -0.4 is 10.1 Å². The lowest BCUT2D eigenvalue weighted by molar-refractivity contribution is -0.131. The van der Waals surface area contributed by atoms with E-state index in [1.54, 1.807) is 37.1 Å². The van der Waals surface area contributed by atoms with Crippen molar-refractivity contribution in [2.75, 3.05) is 13.7 Å². The molecule has 3 fully saturated rings. The fourth-order valence-corrected chi connectivity index (χ4v) is 6.86. The number of aromatic nitrogens is 1. The van der Waals surface area contributed by atoms with Gasteiger partial charge in [-0.15, -0.1) is 0 Å². The lowest BCUT2D eigenvalue weighted by Crippen LogP contribution is -2.53. The van der Waals surface area contributed by atoms with Crippen LogP contribution in [0.2, 0.25) is 5.02 Å². The number of carbonyl (C=O) groups excluding carboxylic acids is 4. The number of fused-ring (bicyclic) bond motifs is 2. The summed E-state index contributed by atoms with van der Waals surface area (Å²) in [5.74, 6) is 0.213. The molecule has 1 saturated heterocycles. The molecule has 37 heavy (non-hydrogen) atoms. The number of likely N-dealkylation sites (tertiary alicyclic amines) is 1. The molecule has 2 amide bonds. The van der Waals surface area contributed by atoms with Crippen LogP contribution in [0, 0.1) is 17.8 Å². The van der Waals surface area contributed by atoms with Gasteiger partial charge in [0.25, 0.3) is 5.91 Å². The topological polar surface area (TPSA) is 109 Å². The van der Waals surface area contributed by atoms with Gasteiger partial charge in [-0.25, -0.2) is 0 Å². The number of ketones is 2. The van der Waals surface area contributed by atoms with Crippen LogP contribution in [-0.4, -0.2) is 59.0 Å². The second-order valence-electron chi connectivity index (χ2n) is 10.7. The van der Waals surface area contributed by atoms with Gasteiger partial charge in [0, 0.05) is 30.7 Å². The number of carbonyl (C=O) groups is 4. The van der Waals surface area contributed by atoms with E-state index in [0.29, 0.717) is 46.8 Å². The van der Waals surface area contributed by atoms with E-state index in [-0.39, 0.29) is 47.6 Å². The minimum atomic E-state index is -0.710. The predicted octanol–water partition coefficient (Wildman–Crippen LogP) is 4.29. The molecule has 5 unspecified atom stereocenters. The molecule has 1 aliphatic heterocycles. The van der Waals surface area contributed by atoms with Crippen LogP contribution >= 0.6 is 11.6 Å². The Bertz CT molecular complexity index is 1240. The number of hydrogen-bond donors (Lipinski definition) is 2. The average Bonchev–Trinajstić information content (AvgIpc) is 3.67. The van der Waals surface area contributed by atoms with E-state index < -0.39 is 12.1 Å². The Hall–Kier alpha value is -2.87. The number of amides is 2. The van der Waals surface area contributed by atoms with Crippen molar-refractivity contribution in [2.45, 2.75) is 70.4 Å². The van der Waals surface area contributed by atoms with Crippen molar-refractivity contribution >= 4 is 45.9 Å². The first-order chi connectivity index (χ1) is 17.8. The van der Waals surface area contributed by atoms with Crippen LogP contribution in [0.1, 0.15) is 68.8 Å². The number of rotatable bonds is 8. The third-order valence-corrected chi connectivity index (χ3v) is 8.91. The summed E-state index contributed by atoms with van der Waals surface area (Å²) in [6.07, 6.45) is 5.61. The maximum atomic E-state index is 13.8. The van der Waals surface area contributed by atoms with Crippen LogP contribution in [0.4, 0.5) is 0 Å². The summed E-state index contributed by atoms with van der Waals surface area (Å²) in [7, 11) is 1.56. The first-order valence-electron chi connectivity index (χ1n) is 13.3. The fourth-order valence-electron chi connectivity index (χ4n) is 6.65. The van der Waals surface area contributed by atoms with Crippen LogP contribution in [-0.2, 0) is 14.4 Å². The number of aromatic amines is 1. The quantitative estimate of drug-likeness (QED) is 0.532. The molecule has 0 bridgehead atoms. The Morgan fingerprint density at radius 3 is 2.73 bits per heavy atom. The van der Waals surface area contributed by atoms with Crippen molar-refractivity contribution in [1.82, 2.24) is 15.2 Å². The summed E-state index contributed by atoms with van der Waals surface area (Å²) in [6, 6.07) is 3.81. The monoisotopic (exact) mass is 527 g/mol. The van der Waals surface area contributed by atoms with Gasteiger partial charge in [0.2, 0.25) is 5.91 Å². The Labute approximate surface area is 221 Å². The molecule has 2 N–H and O–H groups in total. The van der Waals surface area contributed by atoms with Gasteiger partial charge in [0.15, 0.2) is 5.78 Å². The first kappa shape index (κ1) is 25.8. The Balaban J connectivity index is 1.41. The van der Waals surface area contributed by atoms with Crippen LogP contribution in [0.15, 0.2) is 18.2 Å². The smallest absolute Gasteiger partial charge is 0.271 e. The Morgan fingerprint density at radius 1 is 1.22 bits per heavy atom. The summed E-state index contributed by atoms with van der Waals surface area (Å²) in [5, 5.41) is 4.16. The molecule has 9 heteroatoms.